The summed E-state index contributed by atoms with van der Waals surface area (Å²) in [5.41, 5.74) is 0.404. The smallest absolute Gasteiger partial charge is 0.335 e. The number of ether oxygens (including phenoxy) is 1. The molecule has 0 bridgehead atoms. The number of carbonyl (C=O) groups excluding carboxylic acids is 1. The second-order valence-corrected chi connectivity index (χ2v) is 5.39. The lowest BCUT2D eigenvalue weighted by Gasteiger charge is -2.16. The molecule has 5 nitrogen and oxygen atoms in total. The lowest BCUT2D eigenvalue weighted by Crippen LogP contribution is -2.39. The van der Waals surface area contributed by atoms with Gasteiger partial charge in [-0.2, -0.15) is 0 Å². The normalized spacial score (nSPS) is 22.2. The Bertz CT molecular complexity index is 517. The number of halogens is 1. The highest BCUT2D eigenvalue weighted by Gasteiger charge is 2.26. The van der Waals surface area contributed by atoms with Crippen molar-refractivity contribution in [1.82, 2.24) is 5.32 Å². The van der Waals surface area contributed by atoms with Gasteiger partial charge in [-0.1, -0.05) is 15.9 Å². The monoisotopic (exact) mass is 327 g/mol. The molecule has 0 radical (unpaired) electrons. The molecule has 2 rings (SSSR count). The van der Waals surface area contributed by atoms with E-state index in [1.165, 1.54) is 12.1 Å². The van der Waals surface area contributed by atoms with Gasteiger partial charge in [0, 0.05) is 16.6 Å². The molecular formula is C13H14BrNO4. The third-order valence-electron chi connectivity index (χ3n) is 3.10. The first-order valence-electron chi connectivity index (χ1n) is 5.93. The number of hydrogen-bond acceptors (Lipinski definition) is 3. The molecule has 1 aliphatic rings. The predicted molar refractivity (Wildman–Crippen MR) is 72.4 cm³/mol. The molecular weight excluding hydrogens is 314 g/mol. The highest BCUT2D eigenvalue weighted by atomic mass is 79.9. The fraction of sp³-hybridized carbons (Fsp3) is 0.385. The number of carboxylic acids is 1. The molecule has 0 spiro atoms. The van der Waals surface area contributed by atoms with Crippen LogP contribution in [0.25, 0.3) is 0 Å². The maximum atomic E-state index is 12.1. The van der Waals surface area contributed by atoms with E-state index in [-0.39, 0.29) is 23.6 Å². The number of nitrogens with one attached hydrogen (secondary N) is 1. The van der Waals surface area contributed by atoms with Crippen molar-refractivity contribution in [3.63, 3.8) is 0 Å². The van der Waals surface area contributed by atoms with E-state index < -0.39 is 5.97 Å². The summed E-state index contributed by atoms with van der Waals surface area (Å²) in [4.78, 5) is 23.0. The van der Waals surface area contributed by atoms with Crippen LogP contribution in [0.3, 0.4) is 0 Å². The van der Waals surface area contributed by atoms with Crippen LogP contribution < -0.4 is 5.32 Å². The fourth-order valence-corrected chi connectivity index (χ4v) is 2.51. The zero-order valence-corrected chi connectivity index (χ0v) is 11.9. The summed E-state index contributed by atoms with van der Waals surface area (Å²) in [7, 11) is 0. The summed E-state index contributed by atoms with van der Waals surface area (Å²) in [5, 5.41) is 11.8. The van der Waals surface area contributed by atoms with Crippen molar-refractivity contribution in [3.05, 3.63) is 33.8 Å². The topological polar surface area (TPSA) is 75.6 Å². The maximum Gasteiger partial charge on any atom is 0.335 e. The molecule has 102 valence electrons. The molecule has 1 aliphatic heterocycles. The van der Waals surface area contributed by atoms with Crippen molar-refractivity contribution in [3.8, 4) is 0 Å². The molecule has 2 N–H and O–H groups in total. The van der Waals surface area contributed by atoms with Gasteiger partial charge in [-0.05, 0) is 31.5 Å². The summed E-state index contributed by atoms with van der Waals surface area (Å²) in [5.74, 6) is -1.35. The van der Waals surface area contributed by atoms with E-state index in [1.54, 1.807) is 6.07 Å². The quantitative estimate of drug-likeness (QED) is 0.890. The van der Waals surface area contributed by atoms with Crippen LogP contribution in [0.4, 0.5) is 0 Å². The Morgan fingerprint density at radius 2 is 2.05 bits per heavy atom. The average Bonchev–Trinajstić information content (AvgIpc) is 2.74. The molecule has 1 fully saturated rings. The lowest BCUT2D eigenvalue weighted by atomic mass is 10.1. The second kappa shape index (κ2) is 5.71. The van der Waals surface area contributed by atoms with E-state index in [0.717, 1.165) is 6.42 Å². The Morgan fingerprint density at radius 1 is 1.37 bits per heavy atom. The van der Waals surface area contributed by atoms with Crippen molar-refractivity contribution in [2.24, 2.45) is 0 Å². The molecule has 2 atom stereocenters. The molecule has 1 saturated heterocycles. The second-order valence-electron chi connectivity index (χ2n) is 4.48. The van der Waals surface area contributed by atoms with Gasteiger partial charge in [-0.25, -0.2) is 4.79 Å². The Hall–Kier alpha value is -1.40. The van der Waals surface area contributed by atoms with Crippen LogP contribution in [0, 0.1) is 0 Å². The van der Waals surface area contributed by atoms with Crippen molar-refractivity contribution in [1.29, 1.82) is 0 Å². The SMILES string of the molecule is CC1OCCC1NC(=O)c1cc(Br)cc(C(=O)O)c1. The third kappa shape index (κ3) is 3.33. The van der Waals surface area contributed by atoms with Gasteiger partial charge in [0.1, 0.15) is 0 Å². The van der Waals surface area contributed by atoms with E-state index in [1.807, 2.05) is 6.92 Å². The van der Waals surface area contributed by atoms with Crippen LogP contribution >= 0.6 is 15.9 Å². The molecule has 1 amide bonds. The Balaban J connectivity index is 2.16. The average molecular weight is 328 g/mol. The zero-order valence-electron chi connectivity index (χ0n) is 10.4. The van der Waals surface area contributed by atoms with Gasteiger partial charge in [0.25, 0.3) is 5.91 Å². The van der Waals surface area contributed by atoms with Crippen molar-refractivity contribution >= 4 is 27.8 Å². The van der Waals surface area contributed by atoms with E-state index in [4.69, 9.17) is 9.84 Å². The number of rotatable bonds is 3. The minimum absolute atomic E-state index is 0.0185. The van der Waals surface area contributed by atoms with E-state index in [2.05, 4.69) is 21.2 Å². The molecule has 0 aliphatic carbocycles. The van der Waals surface area contributed by atoms with Crippen molar-refractivity contribution < 1.29 is 19.4 Å². The summed E-state index contributed by atoms with van der Waals surface area (Å²) < 4.78 is 5.93. The number of carbonyl (C=O) groups is 2. The number of aromatic carboxylic acids is 1. The molecule has 1 aromatic carbocycles. The van der Waals surface area contributed by atoms with Gasteiger partial charge >= 0.3 is 5.97 Å². The first-order chi connectivity index (χ1) is 8.97. The van der Waals surface area contributed by atoms with E-state index in [9.17, 15) is 9.59 Å². The van der Waals surface area contributed by atoms with Crippen LogP contribution in [0.1, 0.15) is 34.1 Å². The largest absolute Gasteiger partial charge is 0.478 e. The molecule has 19 heavy (non-hydrogen) atoms. The first-order valence-corrected chi connectivity index (χ1v) is 6.73. The molecule has 1 heterocycles. The van der Waals surface area contributed by atoms with Crippen LogP contribution in [0.15, 0.2) is 22.7 Å². The number of benzene rings is 1. The number of hydrogen-bond donors (Lipinski definition) is 2. The van der Waals surface area contributed by atoms with Gasteiger partial charge in [0.2, 0.25) is 0 Å². The van der Waals surface area contributed by atoms with Gasteiger partial charge in [0.15, 0.2) is 0 Å². The van der Waals surface area contributed by atoms with Crippen LogP contribution in [-0.4, -0.2) is 35.7 Å². The minimum atomic E-state index is -1.06. The molecule has 2 unspecified atom stereocenters. The van der Waals surface area contributed by atoms with Gasteiger partial charge < -0.3 is 15.2 Å². The number of carboxylic acid groups (broad SMARTS) is 1. The fourth-order valence-electron chi connectivity index (χ4n) is 2.02. The third-order valence-corrected chi connectivity index (χ3v) is 3.56. The Kier molecular flexibility index (Phi) is 4.21. The molecule has 0 saturated carbocycles. The number of amides is 1. The molecule has 6 heteroatoms. The minimum Gasteiger partial charge on any atom is -0.478 e. The van der Waals surface area contributed by atoms with E-state index in [0.29, 0.717) is 16.6 Å². The summed E-state index contributed by atoms with van der Waals surface area (Å²) >= 11 is 3.21. The first kappa shape index (κ1) is 14.0. The Labute approximate surface area is 119 Å². The summed E-state index contributed by atoms with van der Waals surface area (Å²) in [6.07, 6.45) is 0.752. The lowest BCUT2D eigenvalue weighted by molar-refractivity contribution is 0.0696. The molecule has 1 aromatic rings. The highest BCUT2D eigenvalue weighted by molar-refractivity contribution is 9.10. The standard InChI is InChI=1S/C13H14BrNO4/c1-7-11(2-3-19-7)15-12(16)8-4-9(13(17)18)6-10(14)5-8/h4-7,11H,2-3H2,1H3,(H,15,16)(H,17,18). The summed E-state index contributed by atoms with van der Waals surface area (Å²) in [6.45, 7) is 2.53. The maximum absolute atomic E-state index is 12.1. The van der Waals surface area contributed by atoms with Crippen molar-refractivity contribution in [2.45, 2.75) is 25.5 Å². The summed E-state index contributed by atoms with van der Waals surface area (Å²) in [6, 6.07) is 4.39. The predicted octanol–water partition coefficient (Wildman–Crippen LogP) is 2.05. The zero-order chi connectivity index (χ0) is 14.0. The van der Waals surface area contributed by atoms with Crippen molar-refractivity contribution in [2.75, 3.05) is 6.61 Å². The van der Waals surface area contributed by atoms with Crippen LogP contribution in [-0.2, 0) is 4.74 Å². The van der Waals surface area contributed by atoms with Gasteiger partial charge in [-0.3, -0.25) is 4.79 Å². The van der Waals surface area contributed by atoms with Crippen LogP contribution in [0.5, 0.6) is 0 Å². The van der Waals surface area contributed by atoms with E-state index >= 15 is 0 Å². The van der Waals surface area contributed by atoms with Gasteiger partial charge in [0.05, 0.1) is 17.7 Å². The van der Waals surface area contributed by atoms with Crippen LogP contribution in [0.2, 0.25) is 0 Å². The highest BCUT2D eigenvalue weighted by Crippen LogP contribution is 2.18. The molecule has 0 aromatic heterocycles. The Morgan fingerprint density at radius 3 is 2.63 bits per heavy atom. The van der Waals surface area contributed by atoms with Gasteiger partial charge in [-0.15, -0.1) is 0 Å².